The van der Waals surface area contributed by atoms with Crippen LogP contribution < -0.4 is 5.32 Å². The molecule has 0 aliphatic heterocycles. The first-order chi connectivity index (χ1) is 6.53. The molecule has 84 valence electrons. The van der Waals surface area contributed by atoms with E-state index < -0.39 is 0 Å². The highest BCUT2D eigenvalue weighted by Gasteiger charge is 2.27. The lowest BCUT2D eigenvalue weighted by Crippen LogP contribution is -2.42. The summed E-state index contributed by atoms with van der Waals surface area (Å²) in [4.78, 5) is 0. The van der Waals surface area contributed by atoms with Crippen LogP contribution >= 0.6 is 0 Å². The van der Waals surface area contributed by atoms with E-state index in [2.05, 4.69) is 26.1 Å². The molecule has 0 saturated heterocycles. The maximum absolute atomic E-state index is 5.12. The molecular weight excluding hydrogens is 174 g/mol. The fourth-order valence-electron chi connectivity index (χ4n) is 2.27. The van der Waals surface area contributed by atoms with Crippen LogP contribution in [0.25, 0.3) is 0 Å². The maximum atomic E-state index is 5.12. The minimum absolute atomic E-state index is 0.492. The van der Waals surface area contributed by atoms with Crippen molar-refractivity contribution in [2.24, 2.45) is 5.41 Å². The highest BCUT2D eigenvalue weighted by Crippen LogP contribution is 2.35. The predicted octanol–water partition coefficient (Wildman–Crippen LogP) is 2.58. The summed E-state index contributed by atoms with van der Waals surface area (Å²) in [7, 11) is 1.77. The van der Waals surface area contributed by atoms with Crippen molar-refractivity contribution in [3.8, 4) is 0 Å². The SMILES string of the molecule is COC[C@H](C)NC1CCC(C)(C)CC1. The summed E-state index contributed by atoms with van der Waals surface area (Å²) in [5.41, 5.74) is 0.572. The van der Waals surface area contributed by atoms with Crippen LogP contribution in [0.1, 0.15) is 46.5 Å². The van der Waals surface area contributed by atoms with E-state index >= 15 is 0 Å². The molecule has 1 atom stereocenters. The van der Waals surface area contributed by atoms with Crippen molar-refractivity contribution in [3.63, 3.8) is 0 Å². The maximum Gasteiger partial charge on any atom is 0.0613 e. The Morgan fingerprint density at radius 2 is 1.93 bits per heavy atom. The highest BCUT2D eigenvalue weighted by molar-refractivity contribution is 4.83. The predicted molar refractivity (Wildman–Crippen MR) is 60.5 cm³/mol. The molecule has 14 heavy (non-hydrogen) atoms. The van der Waals surface area contributed by atoms with E-state index in [-0.39, 0.29) is 0 Å². The first kappa shape index (κ1) is 12.0. The van der Waals surface area contributed by atoms with Crippen molar-refractivity contribution in [1.82, 2.24) is 5.32 Å². The Bertz CT molecular complexity index is 158. The van der Waals surface area contributed by atoms with Gasteiger partial charge in [-0.2, -0.15) is 0 Å². The lowest BCUT2D eigenvalue weighted by molar-refractivity contribution is 0.147. The van der Waals surface area contributed by atoms with E-state index in [1.165, 1.54) is 25.7 Å². The Morgan fingerprint density at radius 1 is 1.36 bits per heavy atom. The second-order valence-electron chi connectivity index (χ2n) is 5.46. The van der Waals surface area contributed by atoms with Crippen LogP contribution in [0, 0.1) is 5.41 Å². The van der Waals surface area contributed by atoms with Crippen LogP contribution in [0.5, 0.6) is 0 Å². The Morgan fingerprint density at radius 3 is 2.43 bits per heavy atom. The second-order valence-corrected chi connectivity index (χ2v) is 5.46. The molecular formula is C12H25NO. The molecule has 0 heterocycles. The van der Waals surface area contributed by atoms with Crippen LogP contribution in [-0.2, 0) is 4.74 Å². The average Bonchev–Trinajstić information content (AvgIpc) is 2.09. The van der Waals surface area contributed by atoms with E-state index in [1.54, 1.807) is 7.11 Å². The molecule has 2 heteroatoms. The van der Waals surface area contributed by atoms with E-state index in [0.29, 0.717) is 17.5 Å². The normalized spacial score (nSPS) is 24.9. The molecule has 1 aliphatic carbocycles. The van der Waals surface area contributed by atoms with E-state index in [4.69, 9.17) is 4.74 Å². The van der Waals surface area contributed by atoms with Crippen molar-refractivity contribution >= 4 is 0 Å². The van der Waals surface area contributed by atoms with Crippen LogP contribution in [0.3, 0.4) is 0 Å². The zero-order chi connectivity index (χ0) is 10.6. The lowest BCUT2D eigenvalue weighted by atomic mass is 9.75. The van der Waals surface area contributed by atoms with Crippen molar-refractivity contribution in [1.29, 1.82) is 0 Å². The minimum atomic E-state index is 0.492. The van der Waals surface area contributed by atoms with Crippen LogP contribution in [0.2, 0.25) is 0 Å². The zero-order valence-electron chi connectivity index (χ0n) is 10.1. The largest absolute Gasteiger partial charge is 0.383 e. The lowest BCUT2D eigenvalue weighted by Gasteiger charge is -2.35. The first-order valence-electron chi connectivity index (χ1n) is 5.78. The molecule has 0 radical (unpaired) electrons. The number of ether oxygens (including phenoxy) is 1. The summed E-state index contributed by atoms with van der Waals surface area (Å²) in [5.74, 6) is 0. The molecule has 0 aromatic heterocycles. The second kappa shape index (κ2) is 5.13. The first-order valence-corrected chi connectivity index (χ1v) is 5.78. The molecule has 0 spiro atoms. The number of rotatable bonds is 4. The average molecular weight is 199 g/mol. The molecule has 0 aromatic rings. The molecule has 2 nitrogen and oxygen atoms in total. The molecule has 0 amide bonds. The molecule has 1 N–H and O–H groups in total. The van der Waals surface area contributed by atoms with Crippen molar-refractivity contribution < 1.29 is 4.74 Å². The third-order valence-corrected chi connectivity index (χ3v) is 3.28. The van der Waals surface area contributed by atoms with Gasteiger partial charge in [-0.05, 0) is 38.0 Å². The van der Waals surface area contributed by atoms with Crippen molar-refractivity contribution in [2.45, 2.75) is 58.5 Å². The van der Waals surface area contributed by atoms with E-state index in [1.807, 2.05) is 0 Å². The van der Waals surface area contributed by atoms with Gasteiger partial charge < -0.3 is 10.1 Å². The summed E-state index contributed by atoms with van der Waals surface area (Å²) in [5, 5.41) is 3.63. The van der Waals surface area contributed by atoms with Gasteiger partial charge in [0.2, 0.25) is 0 Å². The summed E-state index contributed by atoms with van der Waals surface area (Å²) < 4.78 is 5.12. The Balaban J connectivity index is 2.22. The van der Waals surface area contributed by atoms with Crippen LogP contribution in [0.4, 0.5) is 0 Å². The Kier molecular flexibility index (Phi) is 4.39. The molecule has 1 rings (SSSR count). The van der Waals surface area contributed by atoms with Gasteiger partial charge in [0.25, 0.3) is 0 Å². The highest BCUT2D eigenvalue weighted by atomic mass is 16.5. The van der Waals surface area contributed by atoms with E-state index in [9.17, 15) is 0 Å². The summed E-state index contributed by atoms with van der Waals surface area (Å²) in [6.45, 7) is 7.77. The van der Waals surface area contributed by atoms with Crippen molar-refractivity contribution in [3.05, 3.63) is 0 Å². The van der Waals surface area contributed by atoms with Gasteiger partial charge in [0.1, 0.15) is 0 Å². The number of hydrogen-bond donors (Lipinski definition) is 1. The monoisotopic (exact) mass is 199 g/mol. The minimum Gasteiger partial charge on any atom is -0.383 e. The van der Waals surface area contributed by atoms with Gasteiger partial charge >= 0.3 is 0 Å². The Labute approximate surface area is 88.4 Å². The van der Waals surface area contributed by atoms with Crippen LogP contribution in [0.15, 0.2) is 0 Å². The fraction of sp³-hybridized carbons (Fsp3) is 1.00. The number of nitrogens with one attached hydrogen (secondary N) is 1. The smallest absolute Gasteiger partial charge is 0.0613 e. The molecule has 1 aliphatic rings. The molecule has 1 saturated carbocycles. The molecule has 0 unspecified atom stereocenters. The zero-order valence-corrected chi connectivity index (χ0v) is 10.1. The fourth-order valence-corrected chi connectivity index (χ4v) is 2.27. The van der Waals surface area contributed by atoms with Crippen molar-refractivity contribution in [2.75, 3.05) is 13.7 Å². The third-order valence-electron chi connectivity index (χ3n) is 3.28. The van der Waals surface area contributed by atoms with E-state index in [0.717, 1.165) is 6.61 Å². The molecule has 0 bridgehead atoms. The Hall–Kier alpha value is -0.0800. The quantitative estimate of drug-likeness (QED) is 0.751. The van der Waals surface area contributed by atoms with Gasteiger partial charge in [-0.1, -0.05) is 13.8 Å². The number of methoxy groups -OCH3 is 1. The summed E-state index contributed by atoms with van der Waals surface area (Å²) >= 11 is 0. The standard InChI is InChI=1S/C12H25NO/c1-10(9-14-4)13-11-5-7-12(2,3)8-6-11/h10-11,13H,5-9H2,1-4H3/t10-/m0/s1. The van der Waals surface area contributed by atoms with Gasteiger partial charge in [0.05, 0.1) is 6.61 Å². The third kappa shape index (κ3) is 3.97. The van der Waals surface area contributed by atoms with Gasteiger partial charge in [0, 0.05) is 19.2 Å². The van der Waals surface area contributed by atoms with Gasteiger partial charge in [-0.3, -0.25) is 0 Å². The topological polar surface area (TPSA) is 21.3 Å². The summed E-state index contributed by atoms with van der Waals surface area (Å²) in [6.07, 6.45) is 5.34. The van der Waals surface area contributed by atoms with Gasteiger partial charge in [0.15, 0.2) is 0 Å². The van der Waals surface area contributed by atoms with Crippen LogP contribution in [-0.4, -0.2) is 25.8 Å². The van der Waals surface area contributed by atoms with Gasteiger partial charge in [-0.15, -0.1) is 0 Å². The summed E-state index contributed by atoms with van der Waals surface area (Å²) in [6, 6.07) is 1.21. The molecule has 1 fully saturated rings. The van der Waals surface area contributed by atoms with Gasteiger partial charge in [-0.25, -0.2) is 0 Å². The molecule has 0 aromatic carbocycles. The number of hydrogen-bond acceptors (Lipinski definition) is 2.